The van der Waals surface area contributed by atoms with Gasteiger partial charge in [-0.25, -0.2) is 12.4 Å². The Hall–Kier alpha value is -1.19. The molecule has 25 heavy (non-hydrogen) atoms. The van der Waals surface area contributed by atoms with Crippen molar-refractivity contribution in [1.29, 1.82) is 0 Å². The maximum atomic E-state index is 13.0. The minimum absolute atomic E-state index is 0.0263. The molecular formula is C16H23NO6S2. The number of carbonyl (C=O) groups excluding carboxylic acids is 1. The SMILES string of the molecule is CC1(C)[C@@H]2CC[C@@]1(CS(=O)(=O)n1cccc1COS(C)(=O)=O)C(=O)C2. The van der Waals surface area contributed by atoms with Gasteiger partial charge >= 0.3 is 0 Å². The molecule has 1 aromatic rings. The first-order valence-electron chi connectivity index (χ1n) is 8.16. The lowest BCUT2D eigenvalue weighted by atomic mass is 9.70. The molecule has 1 aromatic heterocycles. The fraction of sp³-hybridized carbons (Fsp3) is 0.688. The van der Waals surface area contributed by atoms with Crippen LogP contribution in [0.1, 0.15) is 38.8 Å². The van der Waals surface area contributed by atoms with Crippen molar-refractivity contribution in [2.45, 2.75) is 39.7 Å². The Morgan fingerprint density at radius 3 is 2.48 bits per heavy atom. The first-order chi connectivity index (χ1) is 11.4. The Morgan fingerprint density at radius 1 is 1.28 bits per heavy atom. The number of rotatable bonds is 6. The number of hydrogen-bond donors (Lipinski definition) is 0. The second kappa shape index (κ2) is 5.65. The van der Waals surface area contributed by atoms with Crippen LogP contribution in [-0.2, 0) is 35.7 Å². The summed E-state index contributed by atoms with van der Waals surface area (Å²) >= 11 is 0. The van der Waals surface area contributed by atoms with E-state index in [1.807, 2.05) is 13.8 Å². The Labute approximate surface area is 148 Å². The predicted molar refractivity (Wildman–Crippen MR) is 91.8 cm³/mol. The van der Waals surface area contributed by atoms with E-state index >= 15 is 0 Å². The maximum absolute atomic E-state index is 13.0. The van der Waals surface area contributed by atoms with Crippen LogP contribution in [-0.4, -0.2) is 38.6 Å². The van der Waals surface area contributed by atoms with Crippen molar-refractivity contribution in [1.82, 2.24) is 3.97 Å². The summed E-state index contributed by atoms with van der Waals surface area (Å²) < 4.78 is 54.1. The summed E-state index contributed by atoms with van der Waals surface area (Å²) in [5.41, 5.74) is -0.997. The van der Waals surface area contributed by atoms with Crippen LogP contribution in [0.15, 0.2) is 18.3 Å². The molecule has 2 saturated carbocycles. The largest absolute Gasteiger partial charge is 0.299 e. The summed E-state index contributed by atoms with van der Waals surface area (Å²) in [5, 5.41) is 0. The molecule has 0 amide bonds. The quantitative estimate of drug-likeness (QED) is 0.684. The molecule has 2 bridgehead atoms. The van der Waals surface area contributed by atoms with Crippen LogP contribution in [0.5, 0.6) is 0 Å². The van der Waals surface area contributed by atoms with Gasteiger partial charge in [-0.3, -0.25) is 8.98 Å². The predicted octanol–water partition coefficient (Wildman–Crippen LogP) is 1.54. The fourth-order valence-corrected chi connectivity index (χ4v) is 6.94. The average Bonchev–Trinajstić information content (AvgIpc) is 3.07. The molecule has 2 aliphatic rings. The molecule has 0 spiro atoms. The van der Waals surface area contributed by atoms with E-state index in [9.17, 15) is 21.6 Å². The summed E-state index contributed by atoms with van der Waals surface area (Å²) in [7, 11) is -7.51. The number of hydrogen-bond acceptors (Lipinski definition) is 6. The van der Waals surface area contributed by atoms with Gasteiger partial charge in [0.2, 0.25) is 10.0 Å². The van der Waals surface area contributed by atoms with Crippen molar-refractivity contribution < 1.29 is 25.8 Å². The zero-order valence-electron chi connectivity index (χ0n) is 14.6. The fourth-order valence-electron chi connectivity index (χ4n) is 4.44. The maximum Gasteiger partial charge on any atom is 0.264 e. The van der Waals surface area contributed by atoms with E-state index in [0.29, 0.717) is 12.8 Å². The van der Waals surface area contributed by atoms with Crippen molar-refractivity contribution in [3.8, 4) is 0 Å². The lowest BCUT2D eigenvalue weighted by Crippen LogP contribution is -2.43. The van der Waals surface area contributed by atoms with Crippen molar-refractivity contribution in [2.75, 3.05) is 12.0 Å². The molecule has 7 nitrogen and oxygen atoms in total. The standard InChI is InChI=1S/C16H23NO6S2/c1-15(2)12-6-7-16(15,14(18)9-12)11-25(21,22)17-8-4-5-13(17)10-23-24(3,19)20/h4-5,8,12H,6-7,9-11H2,1-3H3/t12-,16-/m1/s1. The Morgan fingerprint density at radius 2 is 1.96 bits per heavy atom. The first-order valence-corrected chi connectivity index (χ1v) is 11.6. The highest BCUT2D eigenvalue weighted by molar-refractivity contribution is 7.90. The average molecular weight is 389 g/mol. The van der Waals surface area contributed by atoms with Crippen LogP contribution in [0.25, 0.3) is 0 Å². The lowest BCUT2D eigenvalue weighted by Gasteiger charge is -2.36. The molecular weight excluding hydrogens is 366 g/mol. The minimum Gasteiger partial charge on any atom is -0.299 e. The molecule has 0 N–H and O–H groups in total. The van der Waals surface area contributed by atoms with Crippen LogP contribution in [0.2, 0.25) is 0 Å². The summed E-state index contributed by atoms with van der Waals surface area (Å²) in [5.74, 6) is -0.00517. The van der Waals surface area contributed by atoms with Crippen molar-refractivity contribution in [3.63, 3.8) is 0 Å². The highest BCUT2D eigenvalue weighted by Gasteiger charge is 2.65. The molecule has 9 heteroatoms. The Balaban J connectivity index is 1.91. The summed E-state index contributed by atoms with van der Waals surface area (Å²) in [6, 6.07) is 3.02. The van der Waals surface area contributed by atoms with E-state index in [0.717, 1.165) is 16.6 Å². The van der Waals surface area contributed by atoms with Gasteiger partial charge in [0.1, 0.15) is 12.4 Å². The molecule has 2 fully saturated rings. The van der Waals surface area contributed by atoms with Gasteiger partial charge in [0.25, 0.3) is 10.1 Å². The molecule has 0 radical (unpaired) electrons. The zero-order chi connectivity index (χ0) is 18.7. The van der Waals surface area contributed by atoms with Crippen LogP contribution >= 0.6 is 0 Å². The number of aromatic nitrogens is 1. The monoisotopic (exact) mass is 389 g/mol. The number of carbonyl (C=O) groups is 1. The summed E-state index contributed by atoms with van der Waals surface area (Å²) in [4.78, 5) is 12.6. The minimum atomic E-state index is -3.83. The van der Waals surface area contributed by atoms with Gasteiger partial charge in [0.05, 0.1) is 23.1 Å². The summed E-state index contributed by atoms with van der Waals surface area (Å²) in [6.07, 6.45) is 4.17. The number of fused-ring (bicyclic) bond motifs is 2. The molecule has 0 aromatic carbocycles. The van der Waals surface area contributed by atoms with Gasteiger partial charge in [-0.1, -0.05) is 13.8 Å². The van der Waals surface area contributed by atoms with Gasteiger partial charge in [0, 0.05) is 12.6 Å². The smallest absolute Gasteiger partial charge is 0.264 e. The topological polar surface area (TPSA) is 99.5 Å². The molecule has 0 saturated heterocycles. The van der Waals surface area contributed by atoms with Crippen LogP contribution in [0, 0.1) is 16.7 Å². The summed E-state index contributed by atoms with van der Waals surface area (Å²) in [6.45, 7) is 3.60. The first kappa shape index (κ1) is 18.6. The molecule has 140 valence electrons. The van der Waals surface area contributed by atoms with Gasteiger partial charge in [-0.15, -0.1) is 0 Å². The second-order valence-electron chi connectivity index (χ2n) is 7.68. The number of ketones is 1. The normalized spacial score (nSPS) is 28.6. The van der Waals surface area contributed by atoms with E-state index in [1.165, 1.54) is 18.3 Å². The number of Topliss-reactive ketones (excluding diaryl/α,β-unsaturated/α-hetero) is 1. The van der Waals surface area contributed by atoms with Gasteiger partial charge < -0.3 is 0 Å². The third kappa shape index (κ3) is 2.96. The molecule has 2 aliphatic carbocycles. The van der Waals surface area contributed by atoms with Gasteiger partial charge in [-0.2, -0.15) is 8.42 Å². The third-order valence-corrected chi connectivity index (χ3v) is 8.44. The number of nitrogens with zero attached hydrogens (tertiary/aromatic N) is 1. The van der Waals surface area contributed by atoms with Crippen LogP contribution in [0.3, 0.4) is 0 Å². The van der Waals surface area contributed by atoms with Crippen LogP contribution in [0.4, 0.5) is 0 Å². The highest BCUT2D eigenvalue weighted by atomic mass is 32.2. The van der Waals surface area contributed by atoms with E-state index in [2.05, 4.69) is 0 Å². The van der Waals surface area contributed by atoms with Gasteiger partial charge in [-0.05, 0) is 36.3 Å². The lowest BCUT2D eigenvalue weighted by molar-refractivity contribution is -0.128. The molecule has 1 heterocycles. The molecule has 2 atom stereocenters. The van der Waals surface area contributed by atoms with E-state index in [4.69, 9.17) is 4.18 Å². The van der Waals surface area contributed by atoms with E-state index < -0.39 is 25.6 Å². The van der Waals surface area contributed by atoms with E-state index in [-0.39, 0.29) is 35.2 Å². The molecule has 0 unspecified atom stereocenters. The van der Waals surface area contributed by atoms with Crippen molar-refractivity contribution in [3.05, 3.63) is 24.0 Å². The van der Waals surface area contributed by atoms with E-state index in [1.54, 1.807) is 0 Å². The highest BCUT2D eigenvalue weighted by Crippen LogP contribution is 2.64. The van der Waals surface area contributed by atoms with Crippen molar-refractivity contribution >= 4 is 25.9 Å². The van der Waals surface area contributed by atoms with Crippen molar-refractivity contribution in [2.24, 2.45) is 16.7 Å². The zero-order valence-corrected chi connectivity index (χ0v) is 16.2. The molecule has 3 rings (SSSR count). The Bertz CT molecular complexity index is 912. The molecule has 0 aliphatic heterocycles. The second-order valence-corrected chi connectivity index (χ2v) is 11.2. The third-order valence-electron chi connectivity index (χ3n) is 6.08. The van der Waals surface area contributed by atoms with Crippen LogP contribution < -0.4 is 0 Å². The Kier molecular flexibility index (Phi) is 4.21. The van der Waals surface area contributed by atoms with Gasteiger partial charge in [0.15, 0.2) is 0 Å².